The standard InChI is InChI=1S/C109H135N3O2S6/c1-8-15-21-27-31-35-39-43-53-78(54-44-40-36-32-28-22-16-9-2)67-84-63-65-96(115-84)102-94-73-98(106-81(57-47-25-19-12-5)69-86(117-106)71-92-100(80(14-7)75-110)88-59-49-51-61-90(88)104(92)113)119-108(94)103(97-66-64-85(116-97)68-79(55-45-41-37-33-29-23-17-10-3)56-46-42-38-34-30-24-18-11-4)95-74-99(120-109(95)102)107-82(58-48-26-20-13-6)70-87(118-107)72-93-101(83(76-111)77-112)89-60-50-52-62-91(89)105(93)114/h7,49-52,59-66,69-74,78-79H,8-13,15-48,53-58,67-68H2,1-6H3/b92-71-,93-72-,100-80-. The average molecular weight is 1710 g/mol. The summed E-state index contributed by atoms with van der Waals surface area (Å²) >= 11 is 11.5. The predicted molar refractivity (Wildman–Crippen MR) is 526 cm³/mol. The summed E-state index contributed by atoms with van der Waals surface area (Å²) in [6.07, 6.45) is 70.9. The van der Waals surface area contributed by atoms with E-state index in [2.05, 4.69) is 114 Å². The molecule has 0 unspecified atom stereocenters. The molecule has 0 amide bonds. The smallest absolute Gasteiger partial charge is 0.194 e. The number of allylic oxidation sites excluding steroid dienone is 6. The maximum absolute atomic E-state index is 14.7. The Balaban J connectivity index is 1.10. The molecule has 6 aromatic heterocycles. The summed E-state index contributed by atoms with van der Waals surface area (Å²) in [5.41, 5.74) is 9.65. The van der Waals surface area contributed by atoms with Crippen molar-refractivity contribution in [1.29, 1.82) is 15.8 Å². The van der Waals surface area contributed by atoms with E-state index in [1.807, 2.05) is 106 Å². The van der Waals surface area contributed by atoms with Crippen LogP contribution in [0.5, 0.6) is 0 Å². The number of carbonyl (C=O) groups excluding carboxylic acids is 2. The van der Waals surface area contributed by atoms with Crippen LogP contribution >= 0.6 is 68.0 Å². The molecule has 0 spiro atoms. The van der Waals surface area contributed by atoms with E-state index in [-0.39, 0.29) is 22.7 Å². The molecule has 0 fully saturated rings. The molecular formula is C109H135N3O2S6. The Hall–Kier alpha value is -7.29. The summed E-state index contributed by atoms with van der Waals surface area (Å²) < 4.78 is 2.61. The molecule has 0 radical (unpaired) electrons. The van der Waals surface area contributed by atoms with Crippen molar-refractivity contribution < 1.29 is 9.59 Å². The quantitative estimate of drug-likeness (QED) is 0.0163. The zero-order chi connectivity index (χ0) is 84.2. The van der Waals surface area contributed by atoms with Crippen molar-refractivity contribution in [3.8, 4) is 70.9 Å². The predicted octanol–water partition coefficient (Wildman–Crippen LogP) is 36.0. The lowest BCUT2D eigenvalue weighted by molar-refractivity contribution is 0.103. The first kappa shape index (κ1) is 93.4. The molecule has 3 aromatic carbocycles. The lowest BCUT2D eigenvalue weighted by Gasteiger charge is -2.16. The van der Waals surface area contributed by atoms with Crippen LogP contribution in [0.25, 0.3) is 83.9 Å². The minimum Gasteiger partial charge on any atom is -0.289 e. The molecule has 11 rings (SSSR count). The summed E-state index contributed by atoms with van der Waals surface area (Å²) in [4.78, 5) is 41.9. The Labute approximate surface area is 747 Å². The normalized spacial score (nSPS) is 13.8. The van der Waals surface area contributed by atoms with Gasteiger partial charge in [0.2, 0.25) is 0 Å². The maximum Gasteiger partial charge on any atom is 0.194 e. The molecule has 120 heavy (non-hydrogen) atoms. The first-order valence-corrected chi connectivity index (χ1v) is 52.3. The van der Waals surface area contributed by atoms with E-state index in [1.165, 1.54) is 319 Å². The number of thiophene rings is 6. The number of ketones is 2. The van der Waals surface area contributed by atoms with Gasteiger partial charge < -0.3 is 0 Å². The number of nitriles is 3. The highest BCUT2D eigenvalue weighted by Gasteiger charge is 2.35. The van der Waals surface area contributed by atoms with Crippen molar-refractivity contribution in [1.82, 2.24) is 0 Å². The number of hydrogen-bond acceptors (Lipinski definition) is 11. The highest BCUT2D eigenvalue weighted by Crippen LogP contribution is 2.57. The first-order valence-electron chi connectivity index (χ1n) is 47.4. The summed E-state index contributed by atoms with van der Waals surface area (Å²) in [5.74, 6) is 3.68. The fraction of sp³-hybridized carbons (Fsp3) is 0.514. The molecule has 2 aliphatic carbocycles. The van der Waals surface area contributed by atoms with Crippen molar-refractivity contribution in [2.45, 2.75) is 350 Å². The highest BCUT2D eigenvalue weighted by molar-refractivity contribution is 7.29. The molecule has 0 bridgehead atoms. The van der Waals surface area contributed by atoms with Crippen LogP contribution in [0.15, 0.2) is 119 Å². The largest absolute Gasteiger partial charge is 0.289 e. The van der Waals surface area contributed by atoms with Crippen molar-refractivity contribution in [3.63, 3.8) is 0 Å². The van der Waals surface area contributed by atoms with Crippen molar-refractivity contribution in [2.75, 3.05) is 0 Å². The Morgan fingerprint density at radius 3 is 0.983 bits per heavy atom. The Morgan fingerprint density at radius 1 is 0.350 bits per heavy atom. The number of carbonyl (C=O) groups is 2. The van der Waals surface area contributed by atoms with E-state index in [9.17, 15) is 25.4 Å². The molecule has 2 aliphatic rings. The van der Waals surface area contributed by atoms with Gasteiger partial charge in [0.05, 0.1) is 0 Å². The molecule has 0 saturated heterocycles. The van der Waals surface area contributed by atoms with Crippen LogP contribution in [-0.4, -0.2) is 11.6 Å². The highest BCUT2D eigenvalue weighted by atomic mass is 32.1. The number of rotatable bonds is 56. The zero-order valence-electron chi connectivity index (χ0n) is 73.7. The third-order valence-corrected chi connectivity index (χ3v) is 32.4. The van der Waals surface area contributed by atoms with Gasteiger partial charge in [0.1, 0.15) is 29.4 Å². The number of hydrogen-bond donors (Lipinski definition) is 0. The summed E-state index contributed by atoms with van der Waals surface area (Å²) in [6, 6.07) is 41.5. The number of fused-ring (bicyclic) bond motifs is 4. The molecule has 9 aromatic rings. The molecule has 11 heteroatoms. The second-order valence-electron chi connectivity index (χ2n) is 34.7. The van der Waals surface area contributed by atoms with Gasteiger partial charge in [-0.05, 0) is 133 Å². The van der Waals surface area contributed by atoms with Crippen molar-refractivity contribution in [2.24, 2.45) is 11.8 Å². The molecule has 0 N–H and O–H groups in total. The van der Waals surface area contributed by atoms with Gasteiger partial charge in [0.25, 0.3) is 0 Å². The van der Waals surface area contributed by atoms with E-state index < -0.39 is 0 Å². The fourth-order valence-corrected chi connectivity index (χ4v) is 26.1. The van der Waals surface area contributed by atoms with Gasteiger partial charge in [-0.15, -0.1) is 74.4 Å². The molecule has 5 nitrogen and oxygen atoms in total. The number of nitrogens with zero attached hydrogens (tertiary/aromatic N) is 3. The Bertz CT molecular complexity index is 4660. The van der Waals surface area contributed by atoms with Crippen LogP contribution in [-0.2, 0) is 25.7 Å². The third kappa shape index (κ3) is 25.5. The average Bonchev–Trinajstić information content (AvgIpc) is 1.56. The molecule has 0 aliphatic heterocycles. The van der Waals surface area contributed by atoms with Crippen molar-refractivity contribution in [3.05, 3.63) is 172 Å². The van der Waals surface area contributed by atoms with Crippen LogP contribution in [0.4, 0.5) is 0 Å². The van der Waals surface area contributed by atoms with E-state index in [0.717, 1.165) is 85.9 Å². The van der Waals surface area contributed by atoms with Crippen LogP contribution < -0.4 is 0 Å². The number of benzene rings is 3. The molecule has 0 atom stereocenters. The SMILES string of the molecule is C#C/C(C#N)=C1/C(=C/c2cc(CCCCCC)c(-c3cc4c(-c5ccc(CC(CCCCCCCCCC)CCCCCCCCCC)s5)c5sc(-c6sc(/C=C7\C(=O)c8ccccc8C7=C(C#N)C#N)cc6CCCCCC)cc5c(-c5ccc(CC(CCCCCCCCCC)CCCCCCCCCC)s5)c4s3)s2)C(=O)c2ccccc21. The van der Waals surface area contributed by atoms with Crippen LogP contribution in [0.3, 0.4) is 0 Å². The fourth-order valence-electron chi connectivity index (χ4n) is 18.6. The second-order valence-corrected chi connectivity index (χ2v) is 41.3. The molecule has 634 valence electrons. The maximum atomic E-state index is 14.7. The van der Waals surface area contributed by atoms with Gasteiger partial charge in [-0.25, -0.2) is 0 Å². The molecule has 0 saturated carbocycles. The van der Waals surface area contributed by atoms with E-state index in [4.69, 9.17) is 6.42 Å². The Kier molecular flexibility index (Phi) is 39.3. The Morgan fingerprint density at radius 2 is 0.658 bits per heavy atom. The van der Waals surface area contributed by atoms with Gasteiger partial charge in [-0.1, -0.05) is 366 Å². The molecule has 6 heterocycles. The topological polar surface area (TPSA) is 106 Å². The van der Waals surface area contributed by atoms with E-state index >= 15 is 0 Å². The number of unbranched alkanes of at least 4 members (excludes halogenated alkanes) is 34. The van der Waals surface area contributed by atoms with E-state index in [0.29, 0.717) is 50.8 Å². The summed E-state index contributed by atoms with van der Waals surface area (Å²) in [7, 11) is 0. The third-order valence-electron chi connectivity index (χ3n) is 25.3. The van der Waals surface area contributed by atoms with Gasteiger partial charge in [0, 0.05) is 113 Å². The molecular weight excluding hydrogens is 1580 g/mol. The number of aryl methyl sites for hydroxylation is 2. The van der Waals surface area contributed by atoms with Gasteiger partial charge in [0.15, 0.2) is 11.6 Å². The second kappa shape index (κ2) is 50.5. The van der Waals surface area contributed by atoms with Gasteiger partial charge in [-0.3, -0.25) is 9.59 Å². The zero-order valence-corrected chi connectivity index (χ0v) is 78.6. The lowest BCUT2D eigenvalue weighted by atomic mass is 9.91. The summed E-state index contributed by atoms with van der Waals surface area (Å²) in [5, 5.41) is 34.1. The van der Waals surface area contributed by atoms with E-state index in [1.54, 1.807) is 22.7 Å². The number of terminal acetylenes is 1. The monoisotopic (exact) mass is 1710 g/mol. The van der Waals surface area contributed by atoms with Crippen molar-refractivity contribution >= 4 is 123 Å². The minimum atomic E-state index is -0.153. The van der Waals surface area contributed by atoms with Crippen LogP contribution in [0.2, 0.25) is 0 Å². The lowest BCUT2D eigenvalue weighted by Crippen LogP contribution is -2.04. The van der Waals surface area contributed by atoms with Gasteiger partial charge in [-0.2, -0.15) is 15.8 Å². The first-order chi connectivity index (χ1) is 59.0. The van der Waals surface area contributed by atoms with Crippen LogP contribution in [0, 0.1) is 58.2 Å². The number of Topliss-reactive ketones (excluding diaryl/α,β-unsaturated/α-hetero) is 2. The van der Waals surface area contributed by atoms with Gasteiger partial charge >= 0.3 is 0 Å². The summed E-state index contributed by atoms with van der Waals surface area (Å²) in [6.45, 7) is 13.8. The minimum absolute atomic E-state index is 0.0449. The van der Waals surface area contributed by atoms with Crippen LogP contribution in [0.1, 0.15) is 387 Å².